The molecule has 1 aromatic heterocycles. The summed E-state index contributed by atoms with van der Waals surface area (Å²) in [5.74, 6) is -0.343. The summed E-state index contributed by atoms with van der Waals surface area (Å²) < 4.78 is 33.9. The van der Waals surface area contributed by atoms with Gasteiger partial charge in [-0.1, -0.05) is 6.07 Å². The number of amides is 1. The van der Waals surface area contributed by atoms with Crippen molar-refractivity contribution >= 4 is 26.8 Å². The third-order valence-corrected chi connectivity index (χ3v) is 7.79. The highest BCUT2D eigenvalue weighted by Gasteiger charge is 2.29. The smallest absolute Gasteiger partial charge is 0.259 e. The van der Waals surface area contributed by atoms with Crippen molar-refractivity contribution in [3.8, 4) is 17.1 Å². The number of sulfonamides is 1. The molecule has 35 heavy (non-hydrogen) atoms. The summed E-state index contributed by atoms with van der Waals surface area (Å²) in [4.78, 5) is 33.9. The molecule has 3 aromatic rings. The molecule has 1 saturated heterocycles. The van der Waals surface area contributed by atoms with E-state index in [0.717, 1.165) is 0 Å². The van der Waals surface area contributed by atoms with Crippen molar-refractivity contribution < 1.29 is 23.1 Å². The molecule has 11 nitrogen and oxygen atoms in total. The summed E-state index contributed by atoms with van der Waals surface area (Å²) in [6, 6.07) is 8.94. The number of primary amides is 1. The number of piperazine rings is 1. The van der Waals surface area contributed by atoms with E-state index in [1.807, 2.05) is 4.90 Å². The van der Waals surface area contributed by atoms with Gasteiger partial charge in [-0.25, -0.2) is 13.4 Å². The van der Waals surface area contributed by atoms with E-state index < -0.39 is 21.5 Å². The van der Waals surface area contributed by atoms with Crippen molar-refractivity contribution in [2.45, 2.75) is 11.8 Å². The highest BCUT2D eigenvalue weighted by Crippen LogP contribution is 2.32. The number of nitrogens with one attached hydrogen (secondary N) is 1. The first kappa shape index (κ1) is 24.8. The number of carbonyl (C=O) groups excluding carboxylic acids is 1. The number of hydrogen-bond acceptors (Lipinski definition) is 8. The maximum absolute atomic E-state index is 13.4. The van der Waals surface area contributed by atoms with Gasteiger partial charge in [-0.05, 0) is 37.3 Å². The first-order valence-corrected chi connectivity index (χ1v) is 12.6. The van der Waals surface area contributed by atoms with Gasteiger partial charge >= 0.3 is 0 Å². The maximum Gasteiger partial charge on any atom is 0.259 e. The molecule has 12 heteroatoms. The van der Waals surface area contributed by atoms with Crippen LogP contribution in [-0.4, -0.2) is 84.5 Å². The number of β-amino-alcohol motifs (C(OH)–C–C–N with tert-alkyl or cyclic N) is 1. The minimum Gasteiger partial charge on any atom is -0.493 e. The van der Waals surface area contributed by atoms with Gasteiger partial charge in [0.1, 0.15) is 11.6 Å². The number of ether oxygens (including phenoxy) is 1. The lowest BCUT2D eigenvalue weighted by Crippen LogP contribution is -2.49. The fourth-order valence-corrected chi connectivity index (χ4v) is 5.56. The largest absolute Gasteiger partial charge is 0.493 e. The Bertz CT molecular complexity index is 1410. The van der Waals surface area contributed by atoms with E-state index in [1.54, 1.807) is 6.92 Å². The second-order valence-corrected chi connectivity index (χ2v) is 9.98. The summed E-state index contributed by atoms with van der Waals surface area (Å²) in [5, 5.41) is 9.31. The maximum atomic E-state index is 13.4. The number of fused-ring (bicyclic) bond motifs is 1. The number of H-pyrrole nitrogens is 1. The van der Waals surface area contributed by atoms with Gasteiger partial charge in [-0.3, -0.25) is 14.5 Å². The average molecular weight is 502 g/mol. The van der Waals surface area contributed by atoms with Crippen molar-refractivity contribution in [2.75, 3.05) is 45.9 Å². The molecule has 0 spiro atoms. The molecule has 4 N–H and O–H groups in total. The lowest BCUT2D eigenvalue weighted by Gasteiger charge is -2.33. The Morgan fingerprint density at radius 2 is 1.94 bits per heavy atom. The van der Waals surface area contributed by atoms with Crippen LogP contribution in [0.25, 0.3) is 22.3 Å². The highest BCUT2D eigenvalue weighted by molar-refractivity contribution is 7.89. The average Bonchev–Trinajstić information content (AvgIpc) is 2.84. The molecular weight excluding hydrogens is 474 g/mol. The number of aromatic amines is 1. The minimum absolute atomic E-state index is 0.0173. The molecule has 1 fully saturated rings. The predicted octanol–water partition coefficient (Wildman–Crippen LogP) is 0.386. The lowest BCUT2D eigenvalue weighted by molar-refractivity contribution is 0.100. The normalized spacial score (nSPS) is 15.4. The zero-order chi connectivity index (χ0) is 25.2. The first-order valence-electron chi connectivity index (χ1n) is 11.2. The van der Waals surface area contributed by atoms with E-state index in [4.69, 9.17) is 15.6 Å². The molecule has 1 aliphatic rings. The predicted molar refractivity (Wildman–Crippen MR) is 130 cm³/mol. The third-order valence-electron chi connectivity index (χ3n) is 5.89. The van der Waals surface area contributed by atoms with E-state index in [1.165, 1.54) is 40.7 Å². The molecule has 0 saturated carbocycles. The molecule has 0 unspecified atom stereocenters. The summed E-state index contributed by atoms with van der Waals surface area (Å²) in [5.41, 5.74) is 5.44. The molecule has 0 bridgehead atoms. The van der Waals surface area contributed by atoms with Crippen molar-refractivity contribution in [1.29, 1.82) is 0 Å². The second-order valence-electron chi connectivity index (χ2n) is 8.04. The number of rotatable bonds is 8. The summed E-state index contributed by atoms with van der Waals surface area (Å²) in [7, 11) is -3.84. The quantitative estimate of drug-likeness (QED) is 0.400. The van der Waals surface area contributed by atoms with Gasteiger partial charge in [-0.15, -0.1) is 0 Å². The molecule has 2 heterocycles. The Morgan fingerprint density at radius 3 is 2.60 bits per heavy atom. The highest BCUT2D eigenvalue weighted by atomic mass is 32.2. The van der Waals surface area contributed by atoms with E-state index >= 15 is 0 Å². The van der Waals surface area contributed by atoms with Gasteiger partial charge in [0.2, 0.25) is 10.0 Å². The van der Waals surface area contributed by atoms with Gasteiger partial charge in [-0.2, -0.15) is 4.31 Å². The van der Waals surface area contributed by atoms with Crippen LogP contribution < -0.4 is 16.0 Å². The zero-order valence-corrected chi connectivity index (χ0v) is 20.0. The van der Waals surface area contributed by atoms with Crippen molar-refractivity contribution in [2.24, 2.45) is 5.73 Å². The van der Waals surface area contributed by atoms with Crippen LogP contribution >= 0.6 is 0 Å². The monoisotopic (exact) mass is 501 g/mol. The molecule has 0 aliphatic carbocycles. The summed E-state index contributed by atoms with van der Waals surface area (Å²) >= 11 is 0. The molecule has 2 aromatic carbocycles. The molecule has 1 amide bonds. The minimum atomic E-state index is -3.84. The summed E-state index contributed by atoms with van der Waals surface area (Å²) in [6.07, 6.45) is 0. The second kappa shape index (κ2) is 10.1. The molecule has 186 valence electrons. The Morgan fingerprint density at radius 1 is 1.20 bits per heavy atom. The Balaban J connectivity index is 1.80. The van der Waals surface area contributed by atoms with Gasteiger partial charge in [0.15, 0.2) is 0 Å². The molecular formula is C23H27N5O6S. The van der Waals surface area contributed by atoms with Crippen molar-refractivity contribution in [1.82, 2.24) is 19.2 Å². The number of nitrogens with zero attached hydrogens (tertiary/aromatic N) is 3. The van der Waals surface area contributed by atoms with Crippen LogP contribution in [0.4, 0.5) is 0 Å². The standard InChI is InChI=1S/C23H27N5O6S/c1-2-34-19-7-6-15(35(32,33)28-10-8-27(9-11-28)12-13-29)14-18(19)22-25-20-16(21(24)30)4-3-5-17(20)23(31)26-22/h3-7,14,29H,2,8-13H2,1H3,(H2,24,30)(H,25,26,31). The van der Waals surface area contributed by atoms with Crippen LogP contribution in [0.3, 0.4) is 0 Å². The number of hydrogen-bond donors (Lipinski definition) is 3. The van der Waals surface area contributed by atoms with E-state index in [9.17, 15) is 18.0 Å². The SMILES string of the molecule is CCOc1ccc(S(=O)(=O)N2CCN(CCO)CC2)cc1-c1nc2c(C(N)=O)cccc2c(=O)[nH]1. The van der Waals surface area contributed by atoms with Crippen LogP contribution in [-0.2, 0) is 10.0 Å². The van der Waals surface area contributed by atoms with Crippen LogP contribution in [0, 0.1) is 0 Å². The Kier molecular flexibility index (Phi) is 7.17. The van der Waals surface area contributed by atoms with E-state index in [-0.39, 0.29) is 52.4 Å². The molecule has 0 radical (unpaired) electrons. The first-order chi connectivity index (χ1) is 16.8. The number of benzene rings is 2. The number of aromatic nitrogens is 2. The third kappa shape index (κ3) is 4.91. The summed E-state index contributed by atoms with van der Waals surface area (Å²) in [6.45, 7) is 4.20. The van der Waals surface area contributed by atoms with Gasteiger partial charge in [0, 0.05) is 32.7 Å². The van der Waals surface area contributed by atoms with Crippen LogP contribution in [0.2, 0.25) is 0 Å². The lowest BCUT2D eigenvalue weighted by atomic mass is 10.1. The van der Waals surface area contributed by atoms with Crippen LogP contribution in [0.1, 0.15) is 17.3 Å². The van der Waals surface area contributed by atoms with Gasteiger partial charge in [0.05, 0.1) is 40.1 Å². The van der Waals surface area contributed by atoms with E-state index in [2.05, 4.69) is 9.97 Å². The number of nitrogens with two attached hydrogens (primary N) is 1. The molecule has 0 atom stereocenters. The van der Waals surface area contributed by atoms with E-state index in [0.29, 0.717) is 32.0 Å². The molecule has 4 rings (SSSR count). The fourth-order valence-electron chi connectivity index (χ4n) is 4.11. The topological polar surface area (TPSA) is 159 Å². The number of aliphatic hydroxyl groups is 1. The number of para-hydroxylation sites is 1. The van der Waals surface area contributed by atoms with Gasteiger partial charge in [0.25, 0.3) is 11.5 Å². The number of carbonyl (C=O) groups is 1. The van der Waals surface area contributed by atoms with Crippen molar-refractivity contribution in [3.05, 3.63) is 52.3 Å². The van der Waals surface area contributed by atoms with Crippen LogP contribution in [0.5, 0.6) is 5.75 Å². The zero-order valence-electron chi connectivity index (χ0n) is 19.2. The Hall–Kier alpha value is -3.32. The number of aliphatic hydroxyl groups excluding tert-OH is 1. The van der Waals surface area contributed by atoms with Crippen LogP contribution in [0.15, 0.2) is 46.1 Å². The van der Waals surface area contributed by atoms with Crippen molar-refractivity contribution in [3.63, 3.8) is 0 Å². The molecule has 1 aliphatic heterocycles. The Labute approximate surface area is 202 Å². The fraction of sp³-hybridized carbons (Fsp3) is 0.348. The van der Waals surface area contributed by atoms with Gasteiger partial charge < -0.3 is 20.6 Å².